The molecule has 3 N–H and O–H groups in total. The minimum absolute atomic E-state index is 0.125. The van der Waals surface area contributed by atoms with Gasteiger partial charge in [-0.3, -0.25) is 9.59 Å². The van der Waals surface area contributed by atoms with Gasteiger partial charge in [0.25, 0.3) is 0 Å². The van der Waals surface area contributed by atoms with Crippen LogP contribution in [0.25, 0.3) is 0 Å². The van der Waals surface area contributed by atoms with E-state index in [0.717, 1.165) is 12.8 Å². The summed E-state index contributed by atoms with van der Waals surface area (Å²) in [6.07, 6.45) is 1.05. The number of hydrogen-bond donors (Lipinski definition) is 2. The van der Waals surface area contributed by atoms with E-state index in [2.05, 4.69) is 0 Å². The summed E-state index contributed by atoms with van der Waals surface area (Å²) in [5, 5.41) is 9.70. The number of benzene rings is 1. The van der Waals surface area contributed by atoms with Crippen LogP contribution >= 0.6 is 0 Å². The monoisotopic (exact) mass is 539 g/mol. The van der Waals surface area contributed by atoms with Crippen LogP contribution in [0.15, 0.2) is 18.2 Å². The average Bonchev–Trinajstić information content (AvgIpc) is 2.85. The van der Waals surface area contributed by atoms with Crippen LogP contribution in [0.5, 0.6) is 11.5 Å². The van der Waals surface area contributed by atoms with Gasteiger partial charge in [-0.15, -0.1) is 0 Å². The number of carbonyl (C=O) groups excluding carboxylic acids is 3. The molecule has 0 aliphatic rings. The van der Waals surface area contributed by atoms with E-state index < -0.39 is 48.2 Å². The number of carboxylic acids is 1. The van der Waals surface area contributed by atoms with Crippen molar-refractivity contribution >= 4 is 24.2 Å². The maximum atomic E-state index is 12.3. The Morgan fingerprint density at radius 1 is 0.868 bits per heavy atom. The van der Waals surface area contributed by atoms with Gasteiger partial charge < -0.3 is 34.5 Å². The van der Waals surface area contributed by atoms with E-state index in [-0.39, 0.29) is 31.1 Å². The third kappa shape index (κ3) is 11.0. The molecule has 0 heterocycles. The first-order valence-electron chi connectivity index (χ1n) is 13.1. The molecule has 0 amide bonds. The second-order valence-corrected chi connectivity index (χ2v) is 9.01. The molecule has 0 spiro atoms. The summed E-state index contributed by atoms with van der Waals surface area (Å²) in [5.41, 5.74) is 6.43. The topological polar surface area (TPSA) is 161 Å². The van der Waals surface area contributed by atoms with E-state index in [1.807, 2.05) is 20.8 Å². The number of carbonyl (C=O) groups is 4. The molecule has 11 heteroatoms. The highest BCUT2D eigenvalue weighted by Crippen LogP contribution is 2.37. The molecule has 38 heavy (non-hydrogen) atoms. The van der Waals surface area contributed by atoms with Gasteiger partial charge in [0.2, 0.25) is 0 Å². The molecule has 0 aliphatic carbocycles. The summed E-state index contributed by atoms with van der Waals surface area (Å²) in [4.78, 5) is 48.4. The number of esters is 1. The Kier molecular flexibility index (Phi) is 14.8. The highest BCUT2D eigenvalue weighted by Gasteiger charge is 2.35. The lowest BCUT2D eigenvalue weighted by Crippen LogP contribution is -2.42. The van der Waals surface area contributed by atoms with E-state index in [9.17, 15) is 24.3 Å². The van der Waals surface area contributed by atoms with Crippen LogP contribution in [0, 0.1) is 5.92 Å². The first-order valence-corrected chi connectivity index (χ1v) is 13.1. The molecular weight excluding hydrogens is 498 g/mol. The van der Waals surface area contributed by atoms with Crippen molar-refractivity contribution < 1.29 is 48.0 Å². The Labute approximate surface area is 223 Å². The molecule has 4 atom stereocenters. The fourth-order valence-corrected chi connectivity index (χ4v) is 3.60. The van der Waals surface area contributed by atoms with Gasteiger partial charge in [0, 0.05) is 18.3 Å². The van der Waals surface area contributed by atoms with Crippen molar-refractivity contribution in [3.8, 4) is 11.5 Å². The summed E-state index contributed by atoms with van der Waals surface area (Å²) >= 11 is 0. The van der Waals surface area contributed by atoms with E-state index >= 15 is 0 Å². The normalized spacial score (nSPS) is 13.9. The van der Waals surface area contributed by atoms with Crippen LogP contribution in [0.1, 0.15) is 84.6 Å². The van der Waals surface area contributed by atoms with Crippen molar-refractivity contribution in [3.63, 3.8) is 0 Å². The van der Waals surface area contributed by atoms with Crippen LogP contribution in [0.3, 0.4) is 0 Å². The Morgan fingerprint density at radius 3 is 1.92 bits per heavy atom. The first-order chi connectivity index (χ1) is 18.0. The number of carboxylic acid groups (broad SMARTS) is 1. The van der Waals surface area contributed by atoms with Gasteiger partial charge >= 0.3 is 24.2 Å². The molecule has 0 aromatic heterocycles. The molecule has 1 rings (SSSR count). The summed E-state index contributed by atoms with van der Waals surface area (Å²) in [7, 11) is 0. The summed E-state index contributed by atoms with van der Waals surface area (Å²) in [5.74, 6) is -3.38. The molecule has 0 aliphatic heterocycles. The van der Waals surface area contributed by atoms with E-state index in [1.165, 1.54) is 18.2 Å². The molecule has 0 saturated carbocycles. The van der Waals surface area contributed by atoms with E-state index in [4.69, 9.17) is 29.4 Å². The van der Waals surface area contributed by atoms with Crippen LogP contribution in [-0.4, -0.2) is 54.7 Å². The van der Waals surface area contributed by atoms with Crippen molar-refractivity contribution in [1.82, 2.24) is 0 Å². The van der Waals surface area contributed by atoms with E-state index in [0.29, 0.717) is 24.8 Å². The van der Waals surface area contributed by atoms with Crippen molar-refractivity contribution in [2.24, 2.45) is 11.7 Å². The molecule has 0 bridgehead atoms. The zero-order valence-electron chi connectivity index (χ0n) is 22.9. The number of hydrogen-bond acceptors (Lipinski definition) is 10. The van der Waals surface area contributed by atoms with Gasteiger partial charge in [-0.1, -0.05) is 46.6 Å². The van der Waals surface area contributed by atoms with E-state index in [1.54, 1.807) is 13.8 Å². The number of nitrogens with two attached hydrogens (primary N) is 1. The van der Waals surface area contributed by atoms with Gasteiger partial charge in [-0.25, -0.2) is 9.59 Å². The minimum atomic E-state index is -1.38. The highest BCUT2D eigenvalue weighted by molar-refractivity contribution is 5.75. The first kappa shape index (κ1) is 32.7. The number of aliphatic carboxylic acids is 1. The predicted molar refractivity (Wildman–Crippen MR) is 138 cm³/mol. The lowest BCUT2D eigenvalue weighted by Gasteiger charge is -2.31. The Bertz CT molecular complexity index is 919. The van der Waals surface area contributed by atoms with Gasteiger partial charge in [0.15, 0.2) is 11.5 Å². The van der Waals surface area contributed by atoms with Gasteiger partial charge in [-0.2, -0.15) is 0 Å². The summed E-state index contributed by atoms with van der Waals surface area (Å²) < 4.78 is 26.1. The van der Waals surface area contributed by atoms with Crippen LogP contribution < -0.4 is 15.2 Å². The Morgan fingerprint density at radius 2 is 1.42 bits per heavy atom. The van der Waals surface area contributed by atoms with Crippen molar-refractivity contribution in [3.05, 3.63) is 23.8 Å². The largest absolute Gasteiger partial charge is 0.513 e. The highest BCUT2D eigenvalue weighted by atomic mass is 16.7. The molecule has 11 nitrogen and oxygen atoms in total. The molecular formula is C27H41NO10. The van der Waals surface area contributed by atoms with Crippen molar-refractivity contribution in [2.45, 2.75) is 91.2 Å². The lowest BCUT2D eigenvalue weighted by molar-refractivity contribution is -0.151. The number of unbranched alkanes of at least 4 members (excludes halogenated alkanes) is 2. The molecule has 214 valence electrons. The molecule has 3 unspecified atom stereocenters. The van der Waals surface area contributed by atoms with Gasteiger partial charge in [0.05, 0.1) is 13.2 Å². The maximum absolute atomic E-state index is 12.3. The third-order valence-corrected chi connectivity index (χ3v) is 5.93. The molecule has 1 aromatic carbocycles. The average molecular weight is 540 g/mol. The standard InChI is InChI=1S/C27H41NO10/c1-6-9-14-34-26(32)37-20-13-12-19(16-21(20)38-27(33)35-15-10-7-2)23(24(28)25(30)31)17(4)18(5)36-22(29)11-8-3/h12-13,16-18,23-24H,6-11,14-15,28H2,1-5H3,(H,30,31)/t17?,18?,23?,24-/m0/s1. The van der Waals surface area contributed by atoms with Crippen molar-refractivity contribution in [1.29, 1.82) is 0 Å². The minimum Gasteiger partial charge on any atom is -0.480 e. The van der Waals surface area contributed by atoms with Gasteiger partial charge in [0.1, 0.15) is 12.1 Å². The second-order valence-electron chi connectivity index (χ2n) is 9.01. The molecule has 0 fully saturated rings. The number of ether oxygens (including phenoxy) is 5. The number of rotatable bonds is 16. The van der Waals surface area contributed by atoms with Crippen LogP contribution in [-0.2, 0) is 23.8 Å². The van der Waals surface area contributed by atoms with Crippen LogP contribution in [0.2, 0.25) is 0 Å². The summed E-state index contributed by atoms with van der Waals surface area (Å²) in [6.45, 7) is 9.38. The fourth-order valence-electron chi connectivity index (χ4n) is 3.60. The smallest absolute Gasteiger partial charge is 0.480 e. The quantitative estimate of drug-likeness (QED) is 0.123. The fraction of sp³-hybridized carbons (Fsp3) is 0.630. The predicted octanol–water partition coefficient (Wildman–Crippen LogP) is 5.18. The Balaban J connectivity index is 3.36. The zero-order chi connectivity index (χ0) is 28.7. The third-order valence-electron chi connectivity index (χ3n) is 5.93. The molecule has 1 aromatic rings. The van der Waals surface area contributed by atoms with Crippen molar-refractivity contribution in [2.75, 3.05) is 13.2 Å². The Hall–Kier alpha value is -3.34. The second kappa shape index (κ2) is 17.2. The van der Waals surface area contributed by atoms with Gasteiger partial charge in [-0.05, 0) is 43.9 Å². The zero-order valence-corrected chi connectivity index (χ0v) is 22.9. The molecule has 0 saturated heterocycles. The molecule has 0 radical (unpaired) electrons. The SMILES string of the molecule is CCCCOC(=O)Oc1ccc(C(C(C)C(C)OC(=O)CCC)[C@H](N)C(=O)O)cc1OC(=O)OCCCC. The lowest BCUT2D eigenvalue weighted by atomic mass is 9.79. The van der Waals surface area contributed by atoms with Crippen LogP contribution in [0.4, 0.5) is 9.59 Å². The summed E-state index contributed by atoms with van der Waals surface area (Å²) in [6, 6.07) is 2.84. The maximum Gasteiger partial charge on any atom is 0.513 e.